The Morgan fingerprint density at radius 2 is 1.76 bits per heavy atom. The van der Waals surface area contributed by atoms with Crippen molar-refractivity contribution in [2.24, 2.45) is 0 Å². The molecule has 1 fully saturated rings. The molecule has 0 bridgehead atoms. The second kappa shape index (κ2) is 9.20. The van der Waals surface area contributed by atoms with Gasteiger partial charge in [-0.3, -0.25) is 9.59 Å². The molecule has 8 nitrogen and oxygen atoms in total. The van der Waals surface area contributed by atoms with Crippen molar-refractivity contribution in [1.29, 1.82) is 0 Å². The highest BCUT2D eigenvalue weighted by Crippen LogP contribution is 2.36. The van der Waals surface area contributed by atoms with Crippen LogP contribution in [0.25, 0.3) is 0 Å². The van der Waals surface area contributed by atoms with Gasteiger partial charge in [0.2, 0.25) is 5.91 Å². The smallest absolute Gasteiger partial charge is 0.378 e. The number of hydrogen-bond donors (Lipinski definition) is 1. The minimum absolute atomic E-state index is 0. The van der Waals surface area contributed by atoms with Crippen molar-refractivity contribution < 1.29 is 35.9 Å². The third-order valence-electron chi connectivity index (χ3n) is 5.15. The lowest BCUT2D eigenvalue weighted by atomic mass is 10.1. The third-order valence-corrected chi connectivity index (χ3v) is 6.94. The van der Waals surface area contributed by atoms with E-state index in [1.54, 1.807) is 4.90 Å². The number of ether oxygens (including phenoxy) is 1. The first-order valence-corrected chi connectivity index (χ1v) is 11.0. The van der Waals surface area contributed by atoms with Gasteiger partial charge in [0, 0.05) is 13.1 Å². The lowest BCUT2D eigenvalue weighted by Gasteiger charge is -2.31. The normalized spacial score (nSPS) is 17.4. The van der Waals surface area contributed by atoms with Crippen molar-refractivity contribution >= 4 is 45.6 Å². The molecule has 2 aliphatic heterocycles. The Bertz CT molecular complexity index is 1180. The predicted molar refractivity (Wildman–Crippen MR) is 115 cm³/mol. The molecule has 0 aliphatic carbocycles. The van der Waals surface area contributed by atoms with E-state index in [0.29, 0.717) is 36.3 Å². The van der Waals surface area contributed by atoms with Gasteiger partial charge in [-0.15, -0.1) is 12.4 Å². The van der Waals surface area contributed by atoms with Gasteiger partial charge in [0.1, 0.15) is 11.4 Å². The first-order valence-electron chi connectivity index (χ1n) is 9.59. The Kier molecular flexibility index (Phi) is 6.91. The summed E-state index contributed by atoms with van der Waals surface area (Å²) < 4.78 is 70.6. The van der Waals surface area contributed by atoms with E-state index in [1.807, 2.05) is 0 Å². The Hall–Kier alpha value is -2.83. The fourth-order valence-corrected chi connectivity index (χ4v) is 5.13. The first kappa shape index (κ1) is 24.8. The molecule has 0 aromatic heterocycles. The Morgan fingerprint density at radius 1 is 1.09 bits per heavy atom. The zero-order chi connectivity index (χ0) is 23.1. The number of alkyl halides is 3. The van der Waals surface area contributed by atoms with E-state index < -0.39 is 40.1 Å². The monoisotopic (exact) mass is 505 g/mol. The molecule has 178 valence electrons. The summed E-state index contributed by atoms with van der Waals surface area (Å²) in [5.74, 6) is -1.81. The van der Waals surface area contributed by atoms with Gasteiger partial charge in [0.05, 0.1) is 35.7 Å². The summed E-state index contributed by atoms with van der Waals surface area (Å²) >= 11 is 0. The minimum Gasteiger partial charge on any atom is -0.378 e. The quantitative estimate of drug-likeness (QED) is 0.686. The molecule has 1 N–H and O–H groups in total. The van der Waals surface area contributed by atoms with Crippen molar-refractivity contribution in [3.8, 4) is 0 Å². The molecule has 4 rings (SSSR count). The molecule has 0 atom stereocenters. The van der Waals surface area contributed by atoms with Crippen molar-refractivity contribution in [3.05, 3.63) is 53.6 Å². The highest BCUT2D eigenvalue weighted by atomic mass is 35.5. The number of rotatable bonds is 4. The lowest BCUT2D eigenvalue weighted by Crippen LogP contribution is -2.39. The lowest BCUT2D eigenvalue weighted by molar-refractivity contribution is -0.137. The molecule has 1 saturated heterocycles. The highest BCUT2D eigenvalue weighted by molar-refractivity contribution is 7.90. The van der Waals surface area contributed by atoms with Crippen LogP contribution in [0.1, 0.15) is 15.9 Å². The maximum atomic E-state index is 13.2. The van der Waals surface area contributed by atoms with Gasteiger partial charge in [-0.2, -0.15) is 13.2 Å². The number of fused-ring (bicyclic) bond motifs is 1. The van der Waals surface area contributed by atoms with Gasteiger partial charge in [0.25, 0.3) is 15.9 Å². The van der Waals surface area contributed by atoms with Gasteiger partial charge in [-0.05, 0) is 30.3 Å². The number of nitrogens with one attached hydrogen (secondary N) is 1. The number of halogens is 4. The zero-order valence-corrected chi connectivity index (χ0v) is 18.6. The number of morpholine rings is 1. The summed E-state index contributed by atoms with van der Waals surface area (Å²) in [5, 5.41) is 2.35. The second-order valence-electron chi connectivity index (χ2n) is 7.19. The summed E-state index contributed by atoms with van der Waals surface area (Å²) in [6.45, 7) is 0.681. The fraction of sp³-hybridized carbons (Fsp3) is 0.300. The number of anilines is 2. The number of benzene rings is 2. The molecular weight excluding hydrogens is 487 g/mol. The van der Waals surface area contributed by atoms with Crippen LogP contribution in [-0.2, 0) is 25.7 Å². The van der Waals surface area contributed by atoms with Crippen LogP contribution < -0.4 is 10.2 Å². The SMILES string of the molecule is Cl.O=C(CN1C(=O)c2ccccc2S1(=O)=O)Nc1cc(C(F)(F)F)ccc1N1CCOCC1. The van der Waals surface area contributed by atoms with Crippen LogP contribution in [0.3, 0.4) is 0 Å². The largest absolute Gasteiger partial charge is 0.416 e. The molecule has 13 heteroatoms. The zero-order valence-electron chi connectivity index (χ0n) is 17.0. The summed E-state index contributed by atoms with van der Waals surface area (Å²) in [7, 11) is -4.23. The molecule has 2 heterocycles. The number of amides is 2. The standard InChI is InChI=1S/C20H18F3N3O5S.ClH/c21-20(22,23)13-5-6-16(25-7-9-31-10-8-25)15(11-13)24-18(27)12-26-19(28)14-3-1-2-4-17(14)32(26,29)30;/h1-6,11H,7-10,12H2,(H,24,27);1H. The molecule has 2 aromatic rings. The Labute approximate surface area is 193 Å². The summed E-state index contributed by atoms with van der Waals surface area (Å²) in [6, 6.07) is 8.47. The number of carbonyl (C=O) groups is 2. The fourth-order valence-electron chi connectivity index (χ4n) is 3.60. The number of hydrogen-bond acceptors (Lipinski definition) is 6. The molecule has 2 amide bonds. The van der Waals surface area contributed by atoms with E-state index in [0.717, 1.165) is 12.1 Å². The van der Waals surface area contributed by atoms with Crippen LogP contribution >= 0.6 is 12.4 Å². The predicted octanol–water partition coefficient (Wildman–Crippen LogP) is 2.75. The second-order valence-corrected chi connectivity index (χ2v) is 9.02. The van der Waals surface area contributed by atoms with Crippen molar-refractivity contribution in [3.63, 3.8) is 0 Å². The number of sulfonamides is 1. The maximum Gasteiger partial charge on any atom is 0.416 e. The van der Waals surface area contributed by atoms with E-state index >= 15 is 0 Å². The first-order chi connectivity index (χ1) is 15.1. The van der Waals surface area contributed by atoms with E-state index in [4.69, 9.17) is 4.74 Å². The summed E-state index contributed by atoms with van der Waals surface area (Å²) in [4.78, 5) is 26.7. The minimum atomic E-state index is -4.64. The summed E-state index contributed by atoms with van der Waals surface area (Å²) in [5.41, 5.74) is -0.822. The van der Waals surface area contributed by atoms with E-state index in [1.165, 1.54) is 30.3 Å². The van der Waals surface area contributed by atoms with E-state index in [2.05, 4.69) is 5.32 Å². The topological polar surface area (TPSA) is 96.0 Å². The molecular formula is C20H19ClF3N3O5S. The van der Waals surface area contributed by atoms with Crippen LogP contribution in [0, 0.1) is 0 Å². The van der Waals surface area contributed by atoms with Crippen molar-refractivity contribution in [2.75, 3.05) is 43.1 Å². The maximum absolute atomic E-state index is 13.2. The average Bonchev–Trinajstić information content (AvgIpc) is 2.94. The molecule has 2 aromatic carbocycles. The molecule has 0 unspecified atom stereocenters. The van der Waals surface area contributed by atoms with Crippen LogP contribution in [0.15, 0.2) is 47.4 Å². The van der Waals surface area contributed by atoms with E-state index in [-0.39, 0.29) is 28.6 Å². The molecule has 2 aliphatic rings. The van der Waals surface area contributed by atoms with Gasteiger partial charge in [0.15, 0.2) is 0 Å². The van der Waals surface area contributed by atoms with Crippen LogP contribution in [0.5, 0.6) is 0 Å². The van der Waals surface area contributed by atoms with Gasteiger partial charge in [-0.1, -0.05) is 12.1 Å². The molecule has 0 saturated carbocycles. The number of nitrogens with zero attached hydrogens (tertiary/aromatic N) is 2. The Morgan fingerprint density at radius 3 is 2.39 bits per heavy atom. The van der Waals surface area contributed by atoms with Crippen molar-refractivity contribution in [2.45, 2.75) is 11.1 Å². The van der Waals surface area contributed by atoms with Gasteiger partial charge in [-0.25, -0.2) is 12.7 Å². The van der Waals surface area contributed by atoms with Crippen LogP contribution in [-0.4, -0.2) is 57.4 Å². The molecule has 33 heavy (non-hydrogen) atoms. The van der Waals surface area contributed by atoms with Gasteiger partial charge >= 0.3 is 6.18 Å². The van der Waals surface area contributed by atoms with E-state index in [9.17, 15) is 31.2 Å². The average molecular weight is 506 g/mol. The van der Waals surface area contributed by atoms with Crippen LogP contribution in [0.2, 0.25) is 0 Å². The highest BCUT2D eigenvalue weighted by Gasteiger charge is 2.42. The van der Waals surface area contributed by atoms with Crippen LogP contribution in [0.4, 0.5) is 24.5 Å². The summed E-state index contributed by atoms with van der Waals surface area (Å²) in [6.07, 6.45) is -4.64. The molecule has 0 radical (unpaired) electrons. The third kappa shape index (κ3) is 4.77. The number of carbonyl (C=O) groups excluding carboxylic acids is 2. The molecule has 0 spiro atoms. The van der Waals surface area contributed by atoms with Crippen molar-refractivity contribution in [1.82, 2.24) is 4.31 Å². The Balaban J connectivity index is 0.00000306. The van der Waals surface area contributed by atoms with Gasteiger partial charge < -0.3 is 15.0 Å².